The lowest BCUT2D eigenvalue weighted by Gasteiger charge is -1.95. The van der Waals surface area contributed by atoms with Gasteiger partial charge in [-0.1, -0.05) is 6.07 Å². The molecule has 0 saturated carbocycles. The summed E-state index contributed by atoms with van der Waals surface area (Å²) in [4.78, 5) is 1.41. The Bertz CT molecular complexity index is 182. The van der Waals surface area contributed by atoms with Crippen LogP contribution in [0.5, 0.6) is 0 Å². The Morgan fingerprint density at radius 1 is 1.55 bits per heavy atom. The first-order chi connectivity index (χ1) is 5.29. The van der Waals surface area contributed by atoms with Crippen molar-refractivity contribution < 1.29 is 4.18 Å². The molecule has 0 radical (unpaired) electrons. The molecular weight excluding hydrogens is 176 g/mol. The summed E-state index contributed by atoms with van der Waals surface area (Å²) in [7, 11) is 0. The van der Waals surface area contributed by atoms with Gasteiger partial charge < -0.3 is 0 Å². The van der Waals surface area contributed by atoms with Gasteiger partial charge in [-0.3, -0.25) is 0 Å². The van der Waals surface area contributed by atoms with E-state index in [0.717, 1.165) is 13.0 Å². The molecule has 0 unspecified atom stereocenters. The monoisotopic (exact) mass is 189 g/mol. The van der Waals surface area contributed by atoms with Crippen LogP contribution in [-0.2, 0) is 21.8 Å². The molecule has 1 aromatic heterocycles. The van der Waals surface area contributed by atoms with Gasteiger partial charge >= 0.3 is 0 Å². The average Bonchev–Trinajstić information content (AvgIpc) is 2.39. The first-order valence-corrected chi connectivity index (χ1v) is 6.37. The molecule has 1 nitrogen and oxygen atoms in total. The van der Waals surface area contributed by atoms with Gasteiger partial charge in [0, 0.05) is 11.3 Å². The Balaban J connectivity index is 2.14. The molecule has 0 aliphatic heterocycles. The zero-order valence-electron chi connectivity index (χ0n) is 6.87. The Hall–Kier alpha value is 0.01000. The molecule has 1 rings (SSSR count). The average molecular weight is 189 g/mol. The highest BCUT2D eigenvalue weighted by Gasteiger charge is 2.02. The molecule has 0 spiro atoms. The van der Waals surface area contributed by atoms with Crippen molar-refractivity contribution in [2.75, 3.05) is 19.1 Å². The van der Waals surface area contributed by atoms with Gasteiger partial charge in [-0.05, 0) is 11.4 Å². The van der Waals surface area contributed by atoms with E-state index >= 15 is 0 Å². The molecule has 3 heteroatoms. The van der Waals surface area contributed by atoms with Crippen LogP contribution in [0.3, 0.4) is 0 Å². The molecule has 0 bridgehead atoms. The van der Waals surface area contributed by atoms with Gasteiger partial charge in [-0.25, -0.2) is 0 Å². The third kappa shape index (κ3) is 3.79. The molecule has 1 aromatic rings. The fourth-order valence-corrected chi connectivity index (χ4v) is 1.87. The van der Waals surface area contributed by atoms with E-state index in [-0.39, 0.29) is 11.2 Å². The van der Waals surface area contributed by atoms with Crippen LogP contribution in [0, 0.1) is 0 Å². The summed E-state index contributed by atoms with van der Waals surface area (Å²) in [5, 5.41) is 2.10. The molecule has 1 heterocycles. The predicted octanol–water partition coefficient (Wildman–Crippen LogP) is 2.10. The molecule has 0 amide bonds. The van der Waals surface area contributed by atoms with Crippen LogP contribution in [-0.4, -0.2) is 19.1 Å². The number of hydrogen-bond donors (Lipinski definition) is 0. The summed E-state index contributed by atoms with van der Waals surface area (Å²) in [5.41, 5.74) is 0. The highest BCUT2D eigenvalue weighted by Crippen LogP contribution is 2.09. The van der Waals surface area contributed by atoms with Crippen molar-refractivity contribution in [3.05, 3.63) is 22.4 Å². The first kappa shape index (κ1) is 9.10. The second-order valence-corrected chi connectivity index (χ2v) is 5.14. The van der Waals surface area contributed by atoms with E-state index in [1.54, 1.807) is 11.3 Å². The summed E-state index contributed by atoms with van der Waals surface area (Å²) in [6.45, 7) is 0.858. The van der Waals surface area contributed by atoms with Crippen molar-refractivity contribution in [3.63, 3.8) is 0 Å². The predicted molar refractivity (Wildman–Crippen MR) is 53.2 cm³/mol. The molecule has 62 valence electrons. The first-order valence-electron chi connectivity index (χ1n) is 3.52. The van der Waals surface area contributed by atoms with Crippen LogP contribution in [0.25, 0.3) is 0 Å². The van der Waals surface area contributed by atoms with Crippen molar-refractivity contribution >= 4 is 22.5 Å². The van der Waals surface area contributed by atoms with Crippen molar-refractivity contribution in [1.29, 1.82) is 0 Å². The molecular formula is C8H13OS2+. The molecule has 0 N–H and O–H groups in total. The fourth-order valence-electron chi connectivity index (χ4n) is 0.764. The minimum absolute atomic E-state index is 0.128. The van der Waals surface area contributed by atoms with Crippen LogP contribution in [0.15, 0.2) is 17.5 Å². The Morgan fingerprint density at radius 2 is 2.36 bits per heavy atom. The van der Waals surface area contributed by atoms with Gasteiger partial charge in [0.15, 0.2) is 0 Å². The zero-order valence-corrected chi connectivity index (χ0v) is 8.50. The van der Waals surface area contributed by atoms with E-state index in [9.17, 15) is 0 Å². The SMILES string of the molecule is C[S+](C)OCCc1cccs1. The lowest BCUT2D eigenvalue weighted by Crippen LogP contribution is -2.04. The topological polar surface area (TPSA) is 9.23 Å². The summed E-state index contributed by atoms with van der Waals surface area (Å²) in [5.74, 6) is 0. The normalized spacial score (nSPS) is 10.8. The van der Waals surface area contributed by atoms with E-state index in [2.05, 4.69) is 30.0 Å². The van der Waals surface area contributed by atoms with Crippen LogP contribution in [0.1, 0.15) is 4.88 Å². The van der Waals surface area contributed by atoms with Gasteiger partial charge in [-0.2, -0.15) is 4.18 Å². The van der Waals surface area contributed by atoms with Gasteiger partial charge in [0.2, 0.25) is 0 Å². The minimum atomic E-state index is 0.128. The van der Waals surface area contributed by atoms with Crippen molar-refractivity contribution in [2.24, 2.45) is 0 Å². The van der Waals surface area contributed by atoms with Crippen molar-refractivity contribution in [3.8, 4) is 0 Å². The number of hydrogen-bond acceptors (Lipinski definition) is 2. The van der Waals surface area contributed by atoms with Crippen molar-refractivity contribution in [2.45, 2.75) is 6.42 Å². The number of rotatable bonds is 4. The summed E-state index contributed by atoms with van der Waals surface area (Å²) >= 11 is 1.93. The van der Waals surface area contributed by atoms with Gasteiger partial charge in [0.25, 0.3) is 0 Å². The zero-order chi connectivity index (χ0) is 8.10. The van der Waals surface area contributed by atoms with Crippen LogP contribution in [0.2, 0.25) is 0 Å². The van der Waals surface area contributed by atoms with Gasteiger partial charge in [0.05, 0.1) is 0 Å². The number of thiophene rings is 1. The summed E-state index contributed by atoms with van der Waals surface area (Å²) in [6.07, 6.45) is 5.24. The maximum Gasteiger partial charge on any atom is 0.140 e. The Kier molecular flexibility index (Phi) is 3.97. The maximum absolute atomic E-state index is 5.45. The molecule has 0 aliphatic rings. The maximum atomic E-state index is 5.45. The second kappa shape index (κ2) is 4.80. The van der Waals surface area contributed by atoms with E-state index in [4.69, 9.17) is 4.18 Å². The molecule has 0 fully saturated rings. The standard InChI is InChI=1S/C8H13OS2/c1-11(2)9-6-5-8-4-3-7-10-8/h3-4,7H,5-6H2,1-2H3/q+1. The third-order valence-corrected chi connectivity index (χ3v) is 2.82. The Morgan fingerprint density at radius 3 is 2.91 bits per heavy atom. The second-order valence-electron chi connectivity index (χ2n) is 2.39. The molecule has 0 aromatic carbocycles. The highest BCUT2D eigenvalue weighted by atomic mass is 32.2. The molecule has 0 aliphatic carbocycles. The summed E-state index contributed by atoms with van der Waals surface area (Å²) in [6, 6.07) is 4.23. The fraction of sp³-hybridized carbons (Fsp3) is 0.500. The van der Waals surface area contributed by atoms with Gasteiger partial charge in [0.1, 0.15) is 30.3 Å². The highest BCUT2D eigenvalue weighted by molar-refractivity contribution is 7.90. The molecule has 0 saturated heterocycles. The smallest absolute Gasteiger partial charge is 0.140 e. The van der Waals surface area contributed by atoms with Crippen LogP contribution >= 0.6 is 11.3 Å². The van der Waals surface area contributed by atoms with E-state index in [1.807, 2.05) is 0 Å². The largest absolute Gasteiger partial charge is 0.174 e. The summed E-state index contributed by atoms with van der Waals surface area (Å²) < 4.78 is 5.45. The molecule has 0 atom stereocenters. The lowest BCUT2D eigenvalue weighted by atomic mass is 10.4. The van der Waals surface area contributed by atoms with Crippen molar-refractivity contribution in [1.82, 2.24) is 0 Å². The minimum Gasteiger partial charge on any atom is -0.174 e. The molecule has 11 heavy (non-hydrogen) atoms. The third-order valence-electron chi connectivity index (χ3n) is 1.25. The lowest BCUT2D eigenvalue weighted by molar-refractivity contribution is 0.372. The Labute approximate surface area is 74.9 Å². The quantitative estimate of drug-likeness (QED) is 0.659. The van der Waals surface area contributed by atoms with Crippen LogP contribution in [0.4, 0.5) is 0 Å². The van der Waals surface area contributed by atoms with E-state index in [1.165, 1.54) is 4.88 Å². The van der Waals surface area contributed by atoms with Crippen LogP contribution < -0.4 is 0 Å². The van der Waals surface area contributed by atoms with Gasteiger partial charge in [-0.15, -0.1) is 11.3 Å². The van der Waals surface area contributed by atoms with E-state index < -0.39 is 0 Å². The van der Waals surface area contributed by atoms with E-state index in [0.29, 0.717) is 0 Å².